The quantitative estimate of drug-likeness (QED) is 0.601. The van der Waals surface area contributed by atoms with Crippen molar-refractivity contribution in [3.8, 4) is 11.5 Å². The highest BCUT2D eigenvalue weighted by Gasteiger charge is 2.30. The van der Waals surface area contributed by atoms with Crippen molar-refractivity contribution in [1.82, 2.24) is 10.3 Å². The number of thiazole rings is 1. The first-order valence-electron chi connectivity index (χ1n) is 8.49. The summed E-state index contributed by atoms with van der Waals surface area (Å²) in [5.74, 6) is 0.383. The standard InChI is InChI=1S/C20H17F3N2O3S/c1-27-18-8-14(5-6-17(18)28-10-16-11-29-12-25-16)19(26)24-9-13-3-2-4-15(7-13)20(21,22)23/h2-8,11-12H,9-10H2,1H3,(H,24,26). The van der Waals surface area contributed by atoms with E-state index in [1.165, 1.54) is 36.6 Å². The molecule has 0 bridgehead atoms. The van der Waals surface area contributed by atoms with Crippen molar-refractivity contribution in [3.05, 3.63) is 75.7 Å². The molecule has 9 heteroatoms. The zero-order valence-electron chi connectivity index (χ0n) is 15.3. The summed E-state index contributed by atoms with van der Waals surface area (Å²) < 4.78 is 49.3. The molecule has 0 fully saturated rings. The van der Waals surface area contributed by atoms with Gasteiger partial charge in [0.15, 0.2) is 11.5 Å². The van der Waals surface area contributed by atoms with E-state index in [0.29, 0.717) is 22.6 Å². The van der Waals surface area contributed by atoms with Crippen molar-refractivity contribution >= 4 is 17.2 Å². The Labute approximate surface area is 169 Å². The summed E-state index contributed by atoms with van der Waals surface area (Å²) in [6.45, 7) is 0.230. The first kappa shape index (κ1) is 20.7. The van der Waals surface area contributed by atoms with Crippen LogP contribution in [0.4, 0.5) is 13.2 Å². The van der Waals surface area contributed by atoms with Crippen molar-refractivity contribution in [3.63, 3.8) is 0 Å². The lowest BCUT2D eigenvalue weighted by Crippen LogP contribution is -2.23. The largest absolute Gasteiger partial charge is 0.493 e. The Bertz CT molecular complexity index is 975. The second kappa shape index (κ2) is 8.95. The number of carbonyl (C=O) groups excluding carboxylic acids is 1. The number of hydrogen-bond acceptors (Lipinski definition) is 5. The molecule has 1 aromatic heterocycles. The Morgan fingerprint density at radius 1 is 1.17 bits per heavy atom. The number of aromatic nitrogens is 1. The van der Waals surface area contributed by atoms with Crippen LogP contribution in [0.1, 0.15) is 27.2 Å². The van der Waals surface area contributed by atoms with Crippen molar-refractivity contribution in [2.75, 3.05) is 7.11 Å². The van der Waals surface area contributed by atoms with E-state index >= 15 is 0 Å². The Kier molecular flexibility index (Phi) is 6.38. The van der Waals surface area contributed by atoms with Gasteiger partial charge >= 0.3 is 6.18 Å². The predicted octanol–water partition coefficient (Wildman–Crippen LogP) is 4.68. The molecular weight excluding hydrogens is 405 g/mol. The molecule has 0 saturated heterocycles. The third-order valence-electron chi connectivity index (χ3n) is 3.99. The summed E-state index contributed by atoms with van der Waals surface area (Å²) in [6, 6.07) is 9.49. The maximum absolute atomic E-state index is 12.8. The highest BCUT2D eigenvalue weighted by Crippen LogP contribution is 2.30. The maximum Gasteiger partial charge on any atom is 0.416 e. The van der Waals surface area contributed by atoms with Gasteiger partial charge in [0.2, 0.25) is 0 Å². The van der Waals surface area contributed by atoms with E-state index in [0.717, 1.165) is 17.8 Å². The monoisotopic (exact) mass is 422 g/mol. The van der Waals surface area contributed by atoms with Crippen LogP contribution in [0, 0.1) is 0 Å². The molecule has 0 radical (unpaired) electrons. The molecule has 29 heavy (non-hydrogen) atoms. The number of hydrogen-bond donors (Lipinski definition) is 1. The number of amides is 1. The summed E-state index contributed by atoms with van der Waals surface area (Å²) in [6.07, 6.45) is -4.43. The number of methoxy groups -OCH3 is 1. The third-order valence-corrected chi connectivity index (χ3v) is 4.63. The number of nitrogens with one attached hydrogen (secondary N) is 1. The summed E-state index contributed by atoms with van der Waals surface area (Å²) in [7, 11) is 1.45. The number of benzene rings is 2. The van der Waals surface area contributed by atoms with Crippen LogP contribution in [0.25, 0.3) is 0 Å². The number of carbonyl (C=O) groups is 1. The van der Waals surface area contributed by atoms with Crippen molar-refractivity contribution in [2.45, 2.75) is 19.3 Å². The smallest absolute Gasteiger partial charge is 0.416 e. The minimum atomic E-state index is -4.43. The van der Waals surface area contributed by atoms with Gasteiger partial charge in [-0.1, -0.05) is 12.1 Å². The number of rotatable bonds is 7. The predicted molar refractivity (Wildman–Crippen MR) is 102 cm³/mol. The van der Waals surface area contributed by atoms with Crippen LogP contribution < -0.4 is 14.8 Å². The van der Waals surface area contributed by atoms with Crippen LogP contribution in [0.3, 0.4) is 0 Å². The average molecular weight is 422 g/mol. The van der Waals surface area contributed by atoms with Crippen LogP contribution in [0.2, 0.25) is 0 Å². The Morgan fingerprint density at radius 2 is 2.00 bits per heavy atom. The van der Waals surface area contributed by atoms with Crippen molar-refractivity contribution < 1.29 is 27.4 Å². The molecule has 5 nitrogen and oxygen atoms in total. The van der Waals surface area contributed by atoms with Gasteiger partial charge in [0, 0.05) is 17.5 Å². The highest BCUT2D eigenvalue weighted by atomic mass is 32.1. The van der Waals surface area contributed by atoms with Gasteiger partial charge in [-0.3, -0.25) is 4.79 Å². The van der Waals surface area contributed by atoms with E-state index in [1.807, 2.05) is 5.38 Å². The minimum Gasteiger partial charge on any atom is -0.493 e. The summed E-state index contributed by atoms with van der Waals surface area (Å²) in [5.41, 5.74) is 2.37. The maximum atomic E-state index is 12.8. The molecule has 1 amide bonds. The Hall–Kier alpha value is -3.07. The average Bonchev–Trinajstić information content (AvgIpc) is 3.23. The summed E-state index contributed by atoms with van der Waals surface area (Å²) in [4.78, 5) is 16.5. The molecule has 2 aromatic carbocycles. The fraction of sp³-hybridized carbons (Fsp3) is 0.200. The fourth-order valence-electron chi connectivity index (χ4n) is 2.53. The van der Waals surface area contributed by atoms with Gasteiger partial charge in [-0.15, -0.1) is 11.3 Å². The van der Waals surface area contributed by atoms with Crippen molar-refractivity contribution in [1.29, 1.82) is 0 Å². The molecule has 0 aliphatic heterocycles. The van der Waals surface area contributed by atoms with Gasteiger partial charge in [-0.25, -0.2) is 4.98 Å². The Morgan fingerprint density at radius 3 is 2.69 bits per heavy atom. The van der Waals surface area contributed by atoms with E-state index in [-0.39, 0.29) is 13.2 Å². The first-order valence-corrected chi connectivity index (χ1v) is 9.43. The van der Waals surface area contributed by atoms with E-state index in [9.17, 15) is 18.0 Å². The Balaban J connectivity index is 1.65. The minimum absolute atomic E-state index is 0.0346. The zero-order valence-corrected chi connectivity index (χ0v) is 16.1. The molecule has 0 atom stereocenters. The first-order chi connectivity index (χ1) is 13.9. The zero-order chi connectivity index (χ0) is 20.9. The van der Waals surface area contributed by atoms with Crippen LogP contribution in [-0.4, -0.2) is 18.0 Å². The van der Waals surface area contributed by atoms with E-state index < -0.39 is 17.6 Å². The van der Waals surface area contributed by atoms with Gasteiger partial charge in [-0.05, 0) is 35.9 Å². The molecule has 1 N–H and O–H groups in total. The van der Waals surface area contributed by atoms with Gasteiger partial charge in [-0.2, -0.15) is 13.2 Å². The topological polar surface area (TPSA) is 60.5 Å². The van der Waals surface area contributed by atoms with Crippen molar-refractivity contribution in [2.24, 2.45) is 0 Å². The molecule has 3 aromatic rings. The van der Waals surface area contributed by atoms with Crippen LogP contribution in [0.15, 0.2) is 53.4 Å². The number of alkyl halides is 3. The molecule has 0 saturated carbocycles. The molecule has 3 rings (SSSR count). The number of halogens is 3. The molecule has 0 aliphatic carbocycles. The third kappa shape index (κ3) is 5.47. The number of nitrogens with zero attached hydrogens (tertiary/aromatic N) is 1. The second-order valence-electron chi connectivity index (χ2n) is 6.01. The normalized spacial score (nSPS) is 11.2. The second-order valence-corrected chi connectivity index (χ2v) is 6.73. The van der Waals surface area contributed by atoms with Crippen LogP contribution >= 0.6 is 11.3 Å². The van der Waals surface area contributed by atoms with Gasteiger partial charge < -0.3 is 14.8 Å². The molecule has 0 unspecified atom stereocenters. The van der Waals surface area contributed by atoms with E-state index in [1.54, 1.807) is 17.6 Å². The molecule has 152 valence electrons. The fourth-order valence-corrected chi connectivity index (χ4v) is 3.07. The molecule has 0 aliphatic rings. The van der Waals surface area contributed by atoms with Gasteiger partial charge in [0.25, 0.3) is 5.91 Å². The highest BCUT2D eigenvalue weighted by molar-refractivity contribution is 7.07. The van der Waals surface area contributed by atoms with E-state index in [2.05, 4.69) is 10.3 Å². The molecule has 0 spiro atoms. The van der Waals surface area contributed by atoms with E-state index in [4.69, 9.17) is 9.47 Å². The lowest BCUT2D eigenvalue weighted by atomic mass is 10.1. The van der Waals surface area contributed by atoms with Crippen LogP contribution in [-0.2, 0) is 19.3 Å². The molecule has 1 heterocycles. The van der Waals surface area contributed by atoms with Gasteiger partial charge in [0.1, 0.15) is 6.61 Å². The SMILES string of the molecule is COc1cc(C(=O)NCc2cccc(C(F)(F)F)c2)ccc1OCc1cscn1. The summed E-state index contributed by atoms with van der Waals surface area (Å²) >= 11 is 1.46. The van der Waals surface area contributed by atoms with Crippen LogP contribution in [0.5, 0.6) is 11.5 Å². The molecular formula is C20H17F3N2O3S. The van der Waals surface area contributed by atoms with Gasteiger partial charge in [0.05, 0.1) is 23.9 Å². The lowest BCUT2D eigenvalue weighted by Gasteiger charge is -2.12. The number of ether oxygens (including phenoxy) is 2. The summed E-state index contributed by atoms with van der Waals surface area (Å²) in [5, 5.41) is 4.47. The lowest BCUT2D eigenvalue weighted by molar-refractivity contribution is -0.137.